The van der Waals surface area contributed by atoms with Gasteiger partial charge in [-0.2, -0.15) is 0 Å². The van der Waals surface area contributed by atoms with Gasteiger partial charge in [0.25, 0.3) is 5.91 Å². The second-order valence-corrected chi connectivity index (χ2v) is 3.02. The summed E-state index contributed by atoms with van der Waals surface area (Å²) in [5.74, 6) is -0.571. The molecule has 76 valence electrons. The predicted octanol–water partition coefficient (Wildman–Crippen LogP) is 0.774. The molecule has 0 radical (unpaired) electrons. The van der Waals surface area contributed by atoms with Crippen molar-refractivity contribution in [2.75, 3.05) is 0 Å². The van der Waals surface area contributed by atoms with Crippen molar-refractivity contribution < 1.29 is 14.1 Å². The molecule has 0 saturated carbocycles. The highest BCUT2D eigenvalue weighted by Gasteiger charge is 2.23. The first-order valence-corrected chi connectivity index (χ1v) is 4.33. The summed E-state index contributed by atoms with van der Waals surface area (Å²) in [7, 11) is 0. The molecule has 0 aliphatic heterocycles. The van der Waals surface area contributed by atoms with Gasteiger partial charge in [-0.25, -0.2) is 0 Å². The highest BCUT2D eigenvalue weighted by atomic mass is 16.5. The number of amides is 1. The zero-order valence-corrected chi connectivity index (χ0v) is 8.11. The molecule has 1 aromatic heterocycles. The van der Waals surface area contributed by atoms with Gasteiger partial charge in [0.05, 0.1) is 0 Å². The minimum absolute atomic E-state index is 0.0569. The Labute approximate surface area is 81.2 Å². The zero-order chi connectivity index (χ0) is 10.7. The molecule has 0 aliphatic rings. The Balaban J connectivity index is 3.22. The Morgan fingerprint density at radius 3 is 2.79 bits per heavy atom. The molecule has 1 aromatic rings. The fraction of sp³-hybridized carbons (Fsp3) is 0.444. The molecule has 1 amide bonds. The number of rotatable bonds is 4. The van der Waals surface area contributed by atoms with Crippen molar-refractivity contribution >= 4 is 12.2 Å². The lowest BCUT2D eigenvalue weighted by molar-refractivity contribution is -0.109. The summed E-state index contributed by atoms with van der Waals surface area (Å²) >= 11 is 0. The van der Waals surface area contributed by atoms with Gasteiger partial charge in [-0.05, 0) is 13.3 Å². The van der Waals surface area contributed by atoms with Crippen molar-refractivity contribution in [3.05, 3.63) is 17.0 Å². The summed E-state index contributed by atoms with van der Waals surface area (Å²) in [6.45, 7) is 3.50. The van der Waals surface area contributed by atoms with Gasteiger partial charge in [-0.1, -0.05) is 12.1 Å². The van der Waals surface area contributed by atoms with Gasteiger partial charge in [0, 0.05) is 11.5 Å². The molecule has 1 heterocycles. The highest BCUT2D eigenvalue weighted by molar-refractivity contribution is 5.93. The molecule has 0 aliphatic carbocycles. The van der Waals surface area contributed by atoms with Crippen LogP contribution < -0.4 is 5.73 Å². The van der Waals surface area contributed by atoms with Crippen molar-refractivity contribution in [1.29, 1.82) is 0 Å². The predicted molar refractivity (Wildman–Crippen MR) is 48.9 cm³/mol. The van der Waals surface area contributed by atoms with Crippen LogP contribution in [0.25, 0.3) is 0 Å². The standard InChI is InChI=1S/C9H12N2O3/c1-3-6(4-12)7-5(2)14-11-8(7)9(10)13/h4,6H,3H2,1-2H3,(H2,10,13). The normalized spacial score (nSPS) is 12.4. The Hall–Kier alpha value is -1.65. The lowest BCUT2D eigenvalue weighted by atomic mass is 9.96. The summed E-state index contributed by atoms with van der Waals surface area (Å²) in [5.41, 5.74) is 5.66. The number of aromatic nitrogens is 1. The zero-order valence-electron chi connectivity index (χ0n) is 8.11. The molecule has 0 fully saturated rings. The van der Waals surface area contributed by atoms with Crippen LogP contribution >= 0.6 is 0 Å². The molecule has 14 heavy (non-hydrogen) atoms. The molecule has 2 N–H and O–H groups in total. The molecule has 1 unspecified atom stereocenters. The van der Waals surface area contributed by atoms with E-state index in [0.29, 0.717) is 17.7 Å². The van der Waals surface area contributed by atoms with Gasteiger partial charge < -0.3 is 15.1 Å². The second-order valence-electron chi connectivity index (χ2n) is 3.02. The maximum atomic E-state index is 11.0. The Bertz CT molecular complexity index is 357. The fourth-order valence-electron chi connectivity index (χ4n) is 1.36. The first-order chi connectivity index (χ1) is 6.61. The molecule has 1 atom stereocenters. The van der Waals surface area contributed by atoms with E-state index in [9.17, 15) is 9.59 Å². The minimum atomic E-state index is -0.669. The molecule has 0 saturated heterocycles. The van der Waals surface area contributed by atoms with Crippen molar-refractivity contribution in [2.24, 2.45) is 5.73 Å². The highest BCUT2D eigenvalue weighted by Crippen LogP contribution is 2.24. The van der Waals surface area contributed by atoms with E-state index in [0.717, 1.165) is 6.29 Å². The van der Waals surface area contributed by atoms with Crippen LogP contribution in [0.2, 0.25) is 0 Å². The van der Waals surface area contributed by atoms with Crippen LogP contribution in [0.15, 0.2) is 4.52 Å². The first-order valence-electron chi connectivity index (χ1n) is 4.33. The number of primary amides is 1. The first kappa shape index (κ1) is 10.4. The van der Waals surface area contributed by atoms with E-state index < -0.39 is 5.91 Å². The number of carbonyl (C=O) groups excluding carboxylic acids is 2. The quantitative estimate of drug-likeness (QED) is 0.721. The van der Waals surface area contributed by atoms with Gasteiger partial charge in [-0.15, -0.1) is 0 Å². The maximum Gasteiger partial charge on any atom is 0.271 e. The largest absolute Gasteiger partial charge is 0.364 e. The lowest BCUT2D eigenvalue weighted by Gasteiger charge is -2.05. The topological polar surface area (TPSA) is 86.2 Å². The monoisotopic (exact) mass is 196 g/mol. The lowest BCUT2D eigenvalue weighted by Crippen LogP contribution is -2.16. The maximum absolute atomic E-state index is 11.0. The van der Waals surface area contributed by atoms with E-state index >= 15 is 0 Å². The summed E-state index contributed by atoms with van der Waals surface area (Å²) < 4.78 is 4.83. The molecule has 5 heteroatoms. The van der Waals surface area contributed by atoms with Crippen molar-refractivity contribution in [3.8, 4) is 0 Å². The van der Waals surface area contributed by atoms with Crippen LogP contribution in [0.4, 0.5) is 0 Å². The summed E-state index contributed by atoms with van der Waals surface area (Å²) in [4.78, 5) is 21.7. The molecule has 5 nitrogen and oxygen atoms in total. The Kier molecular flexibility index (Phi) is 3.01. The average Bonchev–Trinajstić information content (AvgIpc) is 2.51. The van der Waals surface area contributed by atoms with Crippen LogP contribution in [-0.4, -0.2) is 17.4 Å². The van der Waals surface area contributed by atoms with Gasteiger partial charge in [0.2, 0.25) is 0 Å². The van der Waals surface area contributed by atoms with Crippen molar-refractivity contribution in [2.45, 2.75) is 26.2 Å². The molecule has 0 spiro atoms. The number of carbonyl (C=O) groups is 2. The summed E-state index contributed by atoms with van der Waals surface area (Å²) in [5, 5.41) is 3.52. The Morgan fingerprint density at radius 2 is 2.36 bits per heavy atom. The average molecular weight is 196 g/mol. The van der Waals surface area contributed by atoms with Crippen molar-refractivity contribution in [3.63, 3.8) is 0 Å². The van der Waals surface area contributed by atoms with E-state index in [1.165, 1.54) is 0 Å². The fourth-order valence-corrected chi connectivity index (χ4v) is 1.36. The SMILES string of the molecule is CCC(C=O)c1c(C(N)=O)noc1C. The minimum Gasteiger partial charge on any atom is -0.364 e. The number of nitrogens with two attached hydrogens (primary N) is 1. The molecule has 1 rings (SSSR count). The van der Waals surface area contributed by atoms with Crippen molar-refractivity contribution in [1.82, 2.24) is 5.16 Å². The Morgan fingerprint density at radius 1 is 1.71 bits per heavy atom. The van der Waals surface area contributed by atoms with Gasteiger partial charge in [-0.3, -0.25) is 4.79 Å². The molecular weight excluding hydrogens is 184 g/mol. The van der Waals surface area contributed by atoms with Gasteiger partial charge in [0.15, 0.2) is 5.69 Å². The van der Waals surface area contributed by atoms with E-state index in [1.807, 2.05) is 6.92 Å². The third-order valence-electron chi connectivity index (χ3n) is 2.12. The third kappa shape index (κ3) is 1.66. The van der Waals surface area contributed by atoms with Crippen LogP contribution in [0.3, 0.4) is 0 Å². The van der Waals surface area contributed by atoms with E-state index in [1.54, 1.807) is 6.92 Å². The third-order valence-corrected chi connectivity index (χ3v) is 2.12. The summed E-state index contributed by atoms with van der Waals surface area (Å²) in [6.07, 6.45) is 1.36. The number of aryl methyl sites for hydroxylation is 1. The molecule has 0 aromatic carbocycles. The molecular formula is C9H12N2O3. The number of nitrogens with zero attached hydrogens (tertiary/aromatic N) is 1. The van der Waals surface area contributed by atoms with E-state index in [4.69, 9.17) is 10.3 Å². The molecule has 0 bridgehead atoms. The summed E-state index contributed by atoms with van der Waals surface area (Å²) in [6, 6.07) is 0. The smallest absolute Gasteiger partial charge is 0.271 e. The number of hydrogen-bond acceptors (Lipinski definition) is 4. The van der Waals surface area contributed by atoms with Gasteiger partial charge >= 0.3 is 0 Å². The van der Waals surface area contributed by atoms with Crippen LogP contribution in [0, 0.1) is 6.92 Å². The van der Waals surface area contributed by atoms with Crippen LogP contribution in [0.5, 0.6) is 0 Å². The van der Waals surface area contributed by atoms with E-state index in [2.05, 4.69) is 5.16 Å². The van der Waals surface area contributed by atoms with Gasteiger partial charge in [0.1, 0.15) is 12.0 Å². The second kappa shape index (κ2) is 4.04. The van der Waals surface area contributed by atoms with Crippen LogP contribution in [-0.2, 0) is 4.79 Å². The van der Waals surface area contributed by atoms with Crippen LogP contribution in [0.1, 0.15) is 41.1 Å². The van der Waals surface area contributed by atoms with E-state index in [-0.39, 0.29) is 11.6 Å². The number of aldehydes is 1. The number of hydrogen-bond donors (Lipinski definition) is 1.